The minimum absolute atomic E-state index is 0.170. The molecular formula is C8H18Cl2N2P2S2. The van der Waals surface area contributed by atoms with E-state index in [9.17, 15) is 0 Å². The Morgan fingerprint density at radius 1 is 0.750 bits per heavy atom. The third-order valence-corrected chi connectivity index (χ3v) is 16.0. The molecule has 1 fully saturated rings. The van der Waals surface area contributed by atoms with Crippen LogP contribution in [0.15, 0.2) is 0 Å². The third kappa shape index (κ3) is 2.42. The summed E-state index contributed by atoms with van der Waals surface area (Å²) in [5, 5.41) is 0. The van der Waals surface area contributed by atoms with E-state index in [1.807, 2.05) is 8.88 Å². The molecule has 0 saturated carbocycles. The lowest BCUT2D eigenvalue weighted by Gasteiger charge is -2.64. The van der Waals surface area contributed by atoms with Gasteiger partial charge in [-0.1, -0.05) is 22.5 Å². The fourth-order valence-corrected chi connectivity index (χ4v) is 23.7. The van der Waals surface area contributed by atoms with Gasteiger partial charge in [-0.25, -0.2) is 0 Å². The average Bonchev–Trinajstić information content (AvgIpc) is 1.69. The predicted molar refractivity (Wildman–Crippen MR) is 83.5 cm³/mol. The highest BCUT2D eigenvalue weighted by Gasteiger charge is 2.63. The molecule has 1 saturated heterocycles. The molecule has 1 heterocycles. The highest BCUT2D eigenvalue weighted by Crippen LogP contribution is 2.93. The van der Waals surface area contributed by atoms with Crippen molar-refractivity contribution in [3.63, 3.8) is 0 Å². The molecule has 0 atom stereocenters. The van der Waals surface area contributed by atoms with Gasteiger partial charge in [0.2, 0.25) is 0 Å². The fourth-order valence-electron chi connectivity index (χ4n) is 1.88. The zero-order valence-electron chi connectivity index (χ0n) is 10.4. The van der Waals surface area contributed by atoms with E-state index in [0.29, 0.717) is 0 Å². The van der Waals surface area contributed by atoms with E-state index in [0.717, 1.165) is 0 Å². The zero-order chi connectivity index (χ0) is 13.2. The lowest BCUT2D eigenvalue weighted by molar-refractivity contribution is 0.292. The van der Waals surface area contributed by atoms with Crippen LogP contribution in [0.25, 0.3) is 0 Å². The first kappa shape index (κ1) is 15.9. The van der Waals surface area contributed by atoms with Crippen LogP contribution < -0.4 is 0 Å². The molecule has 0 aromatic carbocycles. The van der Waals surface area contributed by atoms with Gasteiger partial charge in [-0.15, -0.1) is 0 Å². The van der Waals surface area contributed by atoms with Crippen LogP contribution in [0, 0.1) is 0 Å². The Labute approximate surface area is 118 Å². The number of rotatable bonds is 0. The second kappa shape index (κ2) is 4.15. The molecule has 1 aliphatic heterocycles. The molecule has 96 valence electrons. The van der Waals surface area contributed by atoms with Crippen molar-refractivity contribution < 1.29 is 0 Å². The highest BCUT2D eigenvalue weighted by atomic mass is 35.7. The van der Waals surface area contributed by atoms with Crippen LogP contribution in [0.4, 0.5) is 0 Å². The summed E-state index contributed by atoms with van der Waals surface area (Å²) in [5.74, 6) is 0. The number of halogens is 2. The minimum atomic E-state index is -2.27. The van der Waals surface area contributed by atoms with Crippen LogP contribution in [0.1, 0.15) is 41.5 Å². The molecule has 0 N–H and O–H groups in total. The summed E-state index contributed by atoms with van der Waals surface area (Å²) in [6.45, 7) is 12.3. The van der Waals surface area contributed by atoms with E-state index in [1.165, 1.54) is 0 Å². The number of hydrogen-bond acceptors (Lipinski definition) is 2. The van der Waals surface area contributed by atoms with Gasteiger partial charge in [0.25, 0.3) is 0 Å². The fraction of sp³-hybridized carbons (Fsp3) is 1.00. The van der Waals surface area contributed by atoms with Gasteiger partial charge in [0.05, 0.1) is 0 Å². The predicted octanol–water partition coefficient (Wildman–Crippen LogP) is 5.13. The van der Waals surface area contributed by atoms with Crippen LogP contribution in [-0.2, 0) is 23.6 Å². The van der Waals surface area contributed by atoms with Gasteiger partial charge < -0.3 is 0 Å². The quantitative estimate of drug-likeness (QED) is 0.564. The smallest absolute Gasteiger partial charge is 0.177 e. The molecule has 0 aromatic rings. The largest absolute Gasteiger partial charge is 0.192 e. The molecular weight excluding hydrogens is 321 g/mol. The first-order chi connectivity index (χ1) is 6.73. The van der Waals surface area contributed by atoms with Gasteiger partial charge in [-0.05, 0) is 65.2 Å². The SMILES string of the molecule is CC(C)(C)N1P(=S)(Cl)N(C(C)(C)C)P1(=S)Cl. The van der Waals surface area contributed by atoms with Crippen molar-refractivity contribution in [2.45, 2.75) is 52.6 Å². The van der Waals surface area contributed by atoms with Crippen molar-refractivity contribution in [3.8, 4) is 0 Å². The first-order valence-electron chi connectivity index (χ1n) is 4.95. The van der Waals surface area contributed by atoms with Crippen molar-refractivity contribution in [2.24, 2.45) is 0 Å². The van der Waals surface area contributed by atoms with Gasteiger partial charge in [-0.2, -0.15) is 8.88 Å². The second-order valence-corrected chi connectivity index (χ2v) is 17.1. The Bertz CT molecular complexity index is 346. The van der Waals surface area contributed by atoms with E-state index in [1.54, 1.807) is 0 Å². The average molecular weight is 339 g/mol. The lowest BCUT2D eigenvalue weighted by atomic mass is 10.1. The van der Waals surface area contributed by atoms with E-state index < -0.39 is 11.4 Å². The maximum absolute atomic E-state index is 6.54. The summed E-state index contributed by atoms with van der Waals surface area (Å²) >= 11 is 24.2. The van der Waals surface area contributed by atoms with Crippen molar-refractivity contribution >= 4 is 57.5 Å². The Morgan fingerprint density at radius 3 is 1.06 bits per heavy atom. The first-order valence-corrected chi connectivity index (χ1v) is 12.2. The third-order valence-electron chi connectivity index (χ3n) is 2.13. The molecule has 1 rings (SSSR count). The van der Waals surface area contributed by atoms with Gasteiger partial charge in [0, 0.05) is 11.1 Å². The Kier molecular flexibility index (Phi) is 4.11. The summed E-state index contributed by atoms with van der Waals surface area (Å²) < 4.78 is 3.98. The van der Waals surface area contributed by atoms with Crippen LogP contribution in [0.5, 0.6) is 0 Å². The molecule has 2 nitrogen and oxygen atoms in total. The highest BCUT2D eigenvalue weighted by molar-refractivity contribution is 8.42. The molecule has 16 heavy (non-hydrogen) atoms. The molecule has 0 unspecified atom stereocenters. The van der Waals surface area contributed by atoms with E-state index in [4.69, 9.17) is 46.1 Å². The maximum atomic E-state index is 6.54. The van der Waals surface area contributed by atoms with E-state index in [-0.39, 0.29) is 11.1 Å². The van der Waals surface area contributed by atoms with Gasteiger partial charge in [-0.3, -0.25) is 0 Å². The van der Waals surface area contributed by atoms with E-state index >= 15 is 0 Å². The second-order valence-electron chi connectivity index (χ2n) is 5.87. The summed E-state index contributed by atoms with van der Waals surface area (Å²) in [6.07, 6.45) is 0. The molecule has 0 bridgehead atoms. The van der Waals surface area contributed by atoms with Crippen molar-refractivity contribution in [1.82, 2.24) is 8.88 Å². The zero-order valence-corrected chi connectivity index (χ0v) is 15.3. The van der Waals surface area contributed by atoms with Crippen LogP contribution in [0.2, 0.25) is 0 Å². The van der Waals surface area contributed by atoms with Crippen molar-refractivity contribution in [3.05, 3.63) is 0 Å². The Morgan fingerprint density at radius 2 is 0.938 bits per heavy atom. The summed E-state index contributed by atoms with van der Waals surface area (Å²) in [4.78, 5) is 0. The number of hydrogen-bond donors (Lipinski definition) is 0. The standard InChI is InChI=1S/C8H18Cl2N2P2S2/c1-7(2,3)11-13(9,15)12(8(4,5)6)14(11,10)16/h1-6H3. The monoisotopic (exact) mass is 338 g/mol. The van der Waals surface area contributed by atoms with E-state index in [2.05, 4.69) is 41.5 Å². The molecule has 0 aromatic heterocycles. The topological polar surface area (TPSA) is 6.48 Å². The van der Waals surface area contributed by atoms with Gasteiger partial charge in [0.15, 0.2) is 11.4 Å². The maximum Gasteiger partial charge on any atom is 0.177 e. The van der Waals surface area contributed by atoms with Crippen LogP contribution >= 0.6 is 33.9 Å². The minimum Gasteiger partial charge on any atom is -0.192 e. The molecule has 0 spiro atoms. The van der Waals surface area contributed by atoms with Gasteiger partial charge >= 0.3 is 0 Å². The molecule has 8 heteroatoms. The Balaban J connectivity index is 3.26. The number of nitrogens with zero attached hydrogens (tertiary/aromatic N) is 2. The molecule has 0 amide bonds. The lowest BCUT2D eigenvalue weighted by Crippen LogP contribution is -2.53. The van der Waals surface area contributed by atoms with Gasteiger partial charge in [0.1, 0.15) is 0 Å². The van der Waals surface area contributed by atoms with Crippen molar-refractivity contribution in [2.75, 3.05) is 0 Å². The van der Waals surface area contributed by atoms with Crippen molar-refractivity contribution in [1.29, 1.82) is 0 Å². The molecule has 0 radical (unpaired) electrons. The summed E-state index contributed by atoms with van der Waals surface area (Å²) in [6, 6.07) is 0. The normalized spacial score (nSPS) is 38.5. The van der Waals surface area contributed by atoms with Crippen LogP contribution in [0.3, 0.4) is 0 Å². The summed E-state index contributed by atoms with van der Waals surface area (Å²) in [7, 11) is 0. The molecule has 0 aliphatic carbocycles. The van der Waals surface area contributed by atoms with Crippen LogP contribution in [-0.4, -0.2) is 20.0 Å². The molecule has 1 aliphatic rings. The Hall–Kier alpha value is 1.80. The summed E-state index contributed by atoms with van der Waals surface area (Å²) in [5.41, 5.74) is -4.87.